The van der Waals surface area contributed by atoms with Crippen LogP contribution in [0.5, 0.6) is 0 Å². The van der Waals surface area contributed by atoms with Crippen LogP contribution >= 0.6 is 0 Å². The molecule has 1 aliphatic rings. The molecular formula is C13H23NO3. The lowest BCUT2D eigenvalue weighted by molar-refractivity contribution is -0.151. The number of unbranched alkanes of at least 4 members (excludes halogenated alkanes) is 1. The smallest absolute Gasteiger partial charge is 0.328 e. The van der Waals surface area contributed by atoms with Gasteiger partial charge < -0.3 is 9.64 Å². The number of hydrogen-bond donors (Lipinski definition) is 0. The van der Waals surface area contributed by atoms with Crippen LogP contribution < -0.4 is 0 Å². The molecule has 0 bridgehead atoms. The minimum absolute atomic E-state index is 0.100. The molecule has 0 N–H and O–H groups in total. The summed E-state index contributed by atoms with van der Waals surface area (Å²) >= 11 is 0. The fraction of sp³-hybridized carbons (Fsp3) is 0.846. The highest BCUT2D eigenvalue weighted by atomic mass is 16.5. The Morgan fingerprint density at radius 1 is 1.53 bits per heavy atom. The first-order valence-corrected chi connectivity index (χ1v) is 6.54. The van der Waals surface area contributed by atoms with Gasteiger partial charge in [-0.25, -0.2) is 4.79 Å². The highest BCUT2D eigenvalue weighted by molar-refractivity contribution is 5.88. The third-order valence-electron chi connectivity index (χ3n) is 3.48. The van der Waals surface area contributed by atoms with Crippen LogP contribution in [0.2, 0.25) is 0 Å². The fourth-order valence-corrected chi connectivity index (χ4v) is 2.51. The summed E-state index contributed by atoms with van der Waals surface area (Å²) in [4.78, 5) is 25.3. The van der Waals surface area contributed by atoms with Crippen molar-refractivity contribution in [2.24, 2.45) is 0 Å². The molecule has 0 aliphatic carbocycles. The van der Waals surface area contributed by atoms with Gasteiger partial charge in [0.25, 0.3) is 0 Å². The van der Waals surface area contributed by atoms with E-state index in [1.54, 1.807) is 4.90 Å². The Hall–Kier alpha value is -1.06. The van der Waals surface area contributed by atoms with Gasteiger partial charge in [-0.15, -0.1) is 0 Å². The Morgan fingerprint density at radius 2 is 2.24 bits per heavy atom. The molecule has 0 aromatic rings. The molecule has 4 heteroatoms. The van der Waals surface area contributed by atoms with Crippen molar-refractivity contribution >= 4 is 11.9 Å². The molecule has 0 spiro atoms. The van der Waals surface area contributed by atoms with E-state index in [0.29, 0.717) is 12.8 Å². The van der Waals surface area contributed by atoms with E-state index in [4.69, 9.17) is 4.74 Å². The summed E-state index contributed by atoms with van der Waals surface area (Å²) in [5.74, 6) is -0.172. The van der Waals surface area contributed by atoms with Crippen LogP contribution in [0.3, 0.4) is 0 Å². The molecule has 1 aliphatic heterocycles. The van der Waals surface area contributed by atoms with Gasteiger partial charge in [0, 0.05) is 12.5 Å². The number of ether oxygens (including phenoxy) is 1. The average Bonchev–Trinajstić information content (AvgIpc) is 2.72. The molecule has 1 heterocycles. The number of rotatable bonds is 6. The molecule has 4 nitrogen and oxygen atoms in total. The van der Waals surface area contributed by atoms with Crippen LogP contribution in [0.1, 0.15) is 52.4 Å². The second-order valence-corrected chi connectivity index (χ2v) is 4.58. The van der Waals surface area contributed by atoms with Gasteiger partial charge >= 0.3 is 5.97 Å². The van der Waals surface area contributed by atoms with Crippen LogP contribution in [-0.2, 0) is 14.3 Å². The Labute approximate surface area is 103 Å². The topological polar surface area (TPSA) is 46.6 Å². The SMILES string of the molecule is CCCCC(CC)N1C(=O)CCC1C(=O)OC. The number of methoxy groups -OCH3 is 1. The molecule has 1 fully saturated rings. The highest BCUT2D eigenvalue weighted by Gasteiger charge is 2.39. The van der Waals surface area contributed by atoms with Crippen molar-refractivity contribution in [3.8, 4) is 0 Å². The summed E-state index contributed by atoms with van der Waals surface area (Å²) in [7, 11) is 1.39. The van der Waals surface area contributed by atoms with Gasteiger partial charge in [0.05, 0.1) is 7.11 Å². The van der Waals surface area contributed by atoms with E-state index in [1.807, 2.05) is 0 Å². The summed E-state index contributed by atoms with van der Waals surface area (Å²) in [6.45, 7) is 4.20. The number of esters is 1. The number of carbonyl (C=O) groups excluding carboxylic acids is 2. The zero-order valence-electron chi connectivity index (χ0n) is 11.1. The van der Waals surface area contributed by atoms with Crippen LogP contribution in [0.15, 0.2) is 0 Å². The molecule has 0 saturated carbocycles. The molecule has 2 unspecified atom stereocenters. The van der Waals surface area contributed by atoms with E-state index in [2.05, 4.69) is 13.8 Å². The lowest BCUT2D eigenvalue weighted by Crippen LogP contribution is -2.45. The van der Waals surface area contributed by atoms with Crippen LogP contribution in [0, 0.1) is 0 Å². The largest absolute Gasteiger partial charge is 0.467 e. The van der Waals surface area contributed by atoms with Crippen LogP contribution in [0.4, 0.5) is 0 Å². The van der Waals surface area contributed by atoms with Gasteiger partial charge in [-0.05, 0) is 19.3 Å². The quantitative estimate of drug-likeness (QED) is 0.669. The predicted octanol–water partition coefficient (Wildman–Crippen LogP) is 2.12. The van der Waals surface area contributed by atoms with E-state index in [1.165, 1.54) is 7.11 Å². The Kier molecular flexibility index (Phi) is 5.45. The standard InChI is InChI=1S/C13H23NO3/c1-4-6-7-10(5-2)14-11(13(16)17-3)8-9-12(14)15/h10-11H,4-9H2,1-3H3. The summed E-state index contributed by atoms with van der Waals surface area (Å²) in [5, 5.41) is 0. The van der Waals surface area contributed by atoms with Crippen molar-refractivity contribution in [1.29, 1.82) is 0 Å². The minimum atomic E-state index is -0.352. The molecule has 1 rings (SSSR count). The first-order chi connectivity index (χ1) is 8.15. The molecule has 1 amide bonds. The van der Waals surface area contributed by atoms with Crippen LogP contribution in [-0.4, -0.2) is 36.0 Å². The summed E-state index contributed by atoms with van der Waals surface area (Å²) in [5.41, 5.74) is 0. The Morgan fingerprint density at radius 3 is 2.76 bits per heavy atom. The normalized spacial score (nSPS) is 21.7. The fourth-order valence-electron chi connectivity index (χ4n) is 2.51. The van der Waals surface area contributed by atoms with E-state index in [9.17, 15) is 9.59 Å². The van der Waals surface area contributed by atoms with Crippen molar-refractivity contribution in [1.82, 2.24) is 4.90 Å². The predicted molar refractivity (Wildman–Crippen MR) is 65.5 cm³/mol. The summed E-state index contributed by atoms with van der Waals surface area (Å²) in [6.07, 6.45) is 5.17. The van der Waals surface area contributed by atoms with Gasteiger partial charge in [-0.2, -0.15) is 0 Å². The Bertz CT molecular complexity index is 278. The first kappa shape index (κ1) is 14.0. The van der Waals surface area contributed by atoms with Gasteiger partial charge in [0.15, 0.2) is 0 Å². The maximum atomic E-state index is 11.9. The molecule has 1 saturated heterocycles. The molecule has 17 heavy (non-hydrogen) atoms. The lowest BCUT2D eigenvalue weighted by atomic mass is 10.0. The van der Waals surface area contributed by atoms with Gasteiger partial charge in [0.1, 0.15) is 6.04 Å². The summed E-state index contributed by atoms with van der Waals surface area (Å²) in [6, 6.07) is -0.164. The second kappa shape index (κ2) is 6.62. The lowest BCUT2D eigenvalue weighted by Gasteiger charge is -2.31. The van der Waals surface area contributed by atoms with Crippen molar-refractivity contribution in [3.05, 3.63) is 0 Å². The van der Waals surface area contributed by atoms with Crippen molar-refractivity contribution in [3.63, 3.8) is 0 Å². The van der Waals surface area contributed by atoms with Crippen molar-refractivity contribution < 1.29 is 14.3 Å². The molecular weight excluding hydrogens is 218 g/mol. The first-order valence-electron chi connectivity index (χ1n) is 6.54. The number of nitrogens with zero attached hydrogens (tertiary/aromatic N) is 1. The Balaban J connectivity index is 2.74. The van der Waals surface area contributed by atoms with E-state index >= 15 is 0 Å². The van der Waals surface area contributed by atoms with E-state index < -0.39 is 0 Å². The number of likely N-dealkylation sites (tertiary alicyclic amines) is 1. The van der Waals surface area contributed by atoms with E-state index in [-0.39, 0.29) is 24.0 Å². The second-order valence-electron chi connectivity index (χ2n) is 4.58. The highest BCUT2D eigenvalue weighted by Crippen LogP contribution is 2.26. The summed E-state index contributed by atoms with van der Waals surface area (Å²) < 4.78 is 4.78. The maximum absolute atomic E-state index is 11.9. The average molecular weight is 241 g/mol. The monoisotopic (exact) mass is 241 g/mol. The maximum Gasteiger partial charge on any atom is 0.328 e. The van der Waals surface area contributed by atoms with Gasteiger partial charge in [-0.3, -0.25) is 4.79 Å². The van der Waals surface area contributed by atoms with Gasteiger partial charge in [-0.1, -0.05) is 26.7 Å². The van der Waals surface area contributed by atoms with Crippen LogP contribution in [0.25, 0.3) is 0 Å². The van der Waals surface area contributed by atoms with Crippen molar-refractivity contribution in [2.75, 3.05) is 7.11 Å². The molecule has 2 atom stereocenters. The zero-order valence-corrected chi connectivity index (χ0v) is 11.1. The zero-order chi connectivity index (χ0) is 12.8. The number of amides is 1. The molecule has 98 valence electrons. The molecule has 0 aromatic heterocycles. The third kappa shape index (κ3) is 3.20. The van der Waals surface area contributed by atoms with Crippen molar-refractivity contribution in [2.45, 2.75) is 64.5 Å². The minimum Gasteiger partial charge on any atom is -0.467 e. The number of hydrogen-bond acceptors (Lipinski definition) is 3. The van der Waals surface area contributed by atoms with E-state index in [0.717, 1.165) is 25.7 Å². The molecule has 0 radical (unpaired) electrons. The molecule has 0 aromatic carbocycles. The third-order valence-corrected chi connectivity index (χ3v) is 3.48. The van der Waals surface area contributed by atoms with Gasteiger partial charge in [0.2, 0.25) is 5.91 Å². The number of carbonyl (C=O) groups is 2.